The van der Waals surface area contributed by atoms with E-state index in [0.717, 1.165) is 6.26 Å². The summed E-state index contributed by atoms with van der Waals surface area (Å²) in [5.74, 6) is 0.379. The minimum atomic E-state index is -3.05. The summed E-state index contributed by atoms with van der Waals surface area (Å²) in [5.41, 5.74) is -0.399. The summed E-state index contributed by atoms with van der Waals surface area (Å²) in [7, 11) is -0.0435. The molecule has 1 rings (SSSR count). The first-order valence-corrected chi connectivity index (χ1v) is 6.91. The highest BCUT2D eigenvalue weighted by Gasteiger charge is 2.14. The van der Waals surface area contributed by atoms with Gasteiger partial charge in [-0.05, 0) is 0 Å². The van der Waals surface area contributed by atoms with Gasteiger partial charge < -0.3 is 14.6 Å². The first kappa shape index (κ1) is 13.5. The Hall–Kier alpha value is -1.57. The van der Waals surface area contributed by atoms with Crippen LogP contribution in [0.25, 0.3) is 0 Å². The SMILES string of the molecule is COc1c(N(C)CCS(C)(=O)=O)nc[nH]c1=O. The van der Waals surface area contributed by atoms with Crippen molar-refractivity contribution < 1.29 is 13.2 Å². The molecule has 0 atom stereocenters. The van der Waals surface area contributed by atoms with Crippen molar-refractivity contribution in [2.45, 2.75) is 0 Å². The van der Waals surface area contributed by atoms with Crippen LogP contribution in [0.15, 0.2) is 11.1 Å². The topological polar surface area (TPSA) is 92.4 Å². The van der Waals surface area contributed by atoms with Crippen LogP contribution in [0.1, 0.15) is 0 Å². The normalized spacial score (nSPS) is 11.2. The van der Waals surface area contributed by atoms with Gasteiger partial charge in [0.2, 0.25) is 5.75 Å². The molecule has 1 aromatic heterocycles. The second-order valence-electron chi connectivity index (χ2n) is 3.64. The molecule has 17 heavy (non-hydrogen) atoms. The standard InChI is InChI=1S/C9H15N3O4S/c1-12(4-5-17(3,14)15)8-7(16-2)9(13)11-6-10-8/h6H,4-5H2,1-3H3,(H,10,11,13). The van der Waals surface area contributed by atoms with E-state index in [1.807, 2.05) is 0 Å². The zero-order chi connectivity index (χ0) is 13.1. The van der Waals surface area contributed by atoms with Crippen LogP contribution >= 0.6 is 0 Å². The Labute approximate surface area is 99.4 Å². The van der Waals surface area contributed by atoms with E-state index in [2.05, 4.69) is 9.97 Å². The maximum absolute atomic E-state index is 11.4. The lowest BCUT2D eigenvalue weighted by atomic mass is 10.4. The Morgan fingerprint density at radius 2 is 2.18 bits per heavy atom. The molecule has 0 aromatic carbocycles. The maximum atomic E-state index is 11.4. The second kappa shape index (κ2) is 5.17. The molecule has 0 fully saturated rings. The number of nitrogens with one attached hydrogen (secondary N) is 1. The lowest BCUT2D eigenvalue weighted by Gasteiger charge is -2.18. The lowest BCUT2D eigenvalue weighted by Crippen LogP contribution is -2.28. The number of aromatic nitrogens is 2. The molecule has 1 N–H and O–H groups in total. The van der Waals surface area contributed by atoms with Gasteiger partial charge in [-0.25, -0.2) is 13.4 Å². The summed E-state index contributed by atoms with van der Waals surface area (Å²) in [6.07, 6.45) is 2.40. The second-order valence-corrected chi connectivity index (χ2v) is 5.90. The average Bonchev–Trinajstić information content (AvgIpc) is 2.24. The highest BCUT2D eigenvalue weighted by atomic mass is 32.2. The molecule has 0 radical (unpaired) electrons. The Balaban J connectivity index is 2.93. The maximum Gasteiger partial charge on any atom is 0.295 e. The van der Waals surface area contributed by atoms with E-state index in [0.29, 0.717) is 5.82 Å². The van der Waals surface area contributed by atoms with E-state index in [4.69, 9.17) is 4.74 Å². The molecule has 0 bridgehead atoms. The van der Waals surface area contributed by atoms with Gasteiger partial charge in [-0.3, -0.25) is 4.79 Å². The van der Waals surface area contributed by atoms with Crippen molar-refractivity contribution in [1.82, 2.24) is 9.97 Å². The van der Waals surface area contributed by atoms with E-state index >= 15 is 0 Å². The fraction of sp³-hybridized carbons (Fsp3) is 0.556. The quantitative estimate of drug-likeness (QED) is 0.750. The molecule has 0 aliphatic carbocycles. The third-order valence-corrected chi connectivity index (χ3v) is 3.08. The molecule has 8 heteroatoms. The molecule has 1 heterocycles. The molecule has 0 saturated heterocycles. The molecule has 0 unspecified atom stereocenters. The van der Waals surface area contributed by atoms with Crippen molar-refractivity contribution in [2.75, 3.05) is 37.6 Å². The molecule has 96 valence electrons. The Morgan fingerprint density at radius 1 is 1.53 bits per heavy atom. The molecular formula is C9H15N3O4S. The summed E-state index contributed by atoms with van der Waals surface area (Å²) in [6.45, 7) is 0.242. The van der Waals surface area contributed by atoms with Crippen LogP contribution in [0.2, 0.25) is 0 Å². The number of ether oxygens (including phenoxy) is 1. The van der Waals surface area contributed by atoms with Crippen molar-refractivity contribution in [2.24, 2.45) is 0 Å². The zero-order valence-electron chi connectivity index (χ0n) is 9.93. The number of methoxy groups -OCH3 is 1. The first-order chi connectivity index (χ1) is 7.85. The van der Waals surface area contributed by atoms with Crippen LogP contribution in [0, 0.1) is 0 Å². The largest absolute Gasteiger partial charge is 0.489 e. The van der Waals surface area contributed by atoms with Gasteiger partial charge in [0.25, 0.3) is 5.56 Å². The van der Waals surface area contributed by atoms with Crippen molar-refractivity contribution in [3.05, 3.63) is 16.7 Å². The number of rotatable bonds is 5. The molecular weight excluding hydrogens is 246 g/mol. The van der Waals surface area contributed by atoms with Crippen molar-refractivity contribution in [3.63, 3.8) is 0 Å². The summed E-state index contributed by atoms with van der Waals surface area (Å²) < 4.78 is 27.0. The summed E-state index contributed by atoms with van der Waals surface area (Å²) in [6, 6.07) is 0. The molecule has 0 aliphatic rings. The van der Waals surface area contributed by atoms with Crippen LogP contribution in [-0.2, 0) is 9.84 Å². The van der Waals surface area contributed by atoms with Gasteiger partial charge in [0, 0.05) is 19.8 Å². The van der Waals surface area contributed by atoms with Crippen LogP contribution in [0.3, 0.4) is 0 Å². The molecule has 0 spiro atoms. The van der Waals surface area contributed by atoms with Crippen LogP contribution < -0.4 is 15.2 Å². The number of sulfone groups is 1. The monoisotopic (exact) mass is 261 g/mol. The minimum absolute atomic E-state index is 0.0128. The highest BCUT2D eigenvalue weighted by molar-refractivity contribution is 7.90. The highest BCUT2D eigenvalue weighted by Crippen LogP contribution is 2.18. The van der Waals surface area contributed by atoms with Crippen molar-refractivity contribution in [3.8, 4) is 5.75 Å². The number of anilines is 1. The number of aromatic amines is 1. The van der Waals surface area contributed by atoms with E-state index < -0.39 is 15.4 Å². The average molecular weight is 261 g/mol. The Kier molecular flexibility index (Phi) is 4.11. The number of H-pyrrole nitrogens is 1. The molecule has 0 saturated carbocycles. The summed E-state index contributed by atoms with van der Waals surface area (Å²) in [5, 5.41) is 0. The van der Waals surface area contributed by atoms with Gasteiger partial charge in [-0.15, -0.1) is 0 Å². The minimum Gasteiger partial charge on any atom is -0.489 e. The van der Waals surface area contributed by atoms with Gasteiger partial charge in [-0.1, -0.05) is 0 Å². The van der Waals surface area contributed by atoms with Gasteiger partial charge in [0.1, 0.15) is 9.84 Å². The lowest BCUT2D eigenvalue weighted by molar-refractivity contribution is 0.406. The predicted octanol–water partition coefficient (Wildman–Crippen LogP) is -0.741. The van der Waals surface area contributed by atoms with Gasteiger partial charge in [0.05, 0.1) is 19.2 Å². The van der Waals surface area contributed by atoms with Gasteiger partial charge in [0.15, 0.2) is 5.82 Å². The third-order valence-electron chi connectivity index (χ3n) is 2.15. The third kappa shape index (κ3) is 3.74. The fourth-order valence-electron chi connectivity index (χ4n) is 1.24. The number of hydrogen-bond donors (Lipinski definition) is 1. The summed E-state index contributed by atoms with van der Waals surface area (Å²) in [4.78, 5) is 19.3. The van der Waals surface area contributed by atoms with Crippen LogP contribution in [0.5, 0.6) is 5.75 Å². The predicted molar refractivity (Wildman–Crippen MR) is 64.4 cm³/mol. The smallest absolute Gasteiger partial charge is 0.295 e. The van der Waals surface area contributed by atoms with E-state index in [1.54, 1.807) is 11.9 Å². The van der Waals surface area contributed by atoms with E-state index in [9.17, 15) is 13.2 Å². The molecule has 7 nitrogen and oxygen atoms in total. The van der Waals surface area contributed by atoms with Crippen LogP contribution in [0.4, 0.5) is 5.82 Å². The van der Waals surface area contributed by atoms with Crippen LogP contribution in [-0.4, -0.2) is 51.1 Å². The first-order valence-electron chi connectivity index (χ1n) is 4.85. The number of hydrogen-bond acceptors (Lipinski definition) is 6. The van der Waals surface area contributed by atoms with Crippen molar-refractivity contribution >= 4 is 15.7 Å². The fourth-order valence-corrected chi connectivity index (χ4v) is 1.85. The zero-order valence-corrected chi connectivity index (χ0v) is 10.7. The van der Waals surface area contributed by atoms with E-state index in [-0.39, 0.29) is 18.0 Å². The number of nitrogens with zero attached hydrogens (tertiary/aromatic N) is 2. The summed E-state index contributed by atoms with van der Waals surface area (Å²) >= 11 is 0. The van der Waals surface area contributed by atoms with Crippen molar-refractivity contribution in [1.29, 1.82) is 0 Å². The van der Waals surface area contributed by atoms with E-state index in [1.165, 1.54) is 13.4 Å². The molecule has 0 aliphatic heterocycles. The molecule has 1 aromatic rings. The Bertz CT molecular complexity index is 537. The molecule has 0 amide bonds. The van der Waals surface area contributed by atoms with Gasteiger partial charge in [-0.2, -0.15) is 0 Å². The Morgan fingerprint density at radius 3 is 2.71 bits per heavy atom. The van der Waals surface area contributed by atoms with Gasteiger partial charge >= 0.3 is 0 Å².